The Morgan fingerprint density at radius 1 is 1.25 bits per heavy atom. The average molecular weight is 234 g/mol. The van der Waals surface area contributed by atoms with Crippen LogP contribution in [0.15, 0.2) is 41.8 Å². The standard InChI is InChI=1S/C14H18OS/c1-2-3-4-5-6-10-16-14-9-7-8-13(11-14)12-15/h2,7-9,11-12H,1,3-6,10H2. The largest absolute Gasteiger partial charge is 0.298 e. The van der Waals surface area contributed by atoms with Gasteiger partial charge in [-0.1, -0.05) is 24.6 Å². The summed E-state index contributed by atoms with van der Waals surface area (Å²) in [6.07, 6.45) is 7.70. The van der Waals surface area contributed by atoms with E-state index in [1.54, 1.807) is 0 Å². The van der Waals surface area contributed by atoms with E-state index in [0.717, 1.165) is 24.0 Å². The minimum atomic E-state index is 0.761. The molecule has 0 aromatic heterocycles. The maximum Gasteiger partial charge on any atom is 0.150 e. The number of hydrogen-bond donors (Lipinski definition) is 0. The van der Waals surface area contributed by atoms with Gasteiger partial charge >= 0.3 is 0 Å². The summed E-state index contributed by atoms with van der Waals surface area (Å²) >= 11 is 1.82. The molecule has 16 heavy (non-hydrogen) atoms. The molecule has 1 aromatic carbocycles. The fourth-order valence-electron chi connectivity index (χ4n) is 1.44. The third kappa shape index (κ3) is 5.17. The van der Waals surface area contributed by atoms with Gasteiger partial charge in [0.1, 0.15) is 6.29 Å². The molecule has 0 aliphatic heterocycles. The SMILES string of the molecule is C=CCCCCCSc1cccc(C=O)c1. The summed E-state index contributed by atoms with van der Waals surface area (Å²) in [6.45, 7) is 3.71. The molecule has 0 heterocycles. The third-order valence-corrected chi connectivity index (χ3v) is 3.40. The molecule has 0 saturated carbocycles. The third-order valence-electron chi connectivity index (χ3n) is 2.32. The van der Waals surface area contributed by atoms with Gasteiger partial charge in [0, 0.05) is 10.5 Å². The highest BCUT2D eigenvalue weighted by Crippen LogP contribution is 2.20. The average Bonchev–Trinajstić information content (AvgIpc) is 2.34. The van der Waals surface area contributed by atoms with E-state index >= 15 is 0 Å². The topological polar surface area (TPSA) is 17.1 Å². The van der Waals surface area contributed by atoms with Crippen LogP contribution in [-0.4, -0.2) is 12.0 Å². The molecule has 0 aliphatic rings. The van der Waals surface area contributed by atoms with E-state index in [-0.39, 0.29) is 0 Å². The van der Waals surface area contributed by atoms with Gasteiger partial charge in [-0.05, 0) is 37.1 Å². The molecule has 0 amide bonds. The van der Waals surface area contributed by atoms with Crippen LogP contribution in [0.5, 0.6) is 0 Å². The second kappa shape index (κ2) is 8.17. The summed E-state index contributed by atoms with van der Waals surface area (Å²) in [6, 6.07) is 7.77. The quantitative estimate of drug-likeness (QED) is 0.288. The Morgan fingerprint density at radius 2 is 2.12 bits per heavy atom. The van der Waals surface area contributed by atoms with Gasteiger partial charge in [-0.15, -0.1) is 18.3 Å². The van der Waals surface area contributed by atoms with Crippen molar-refractivity contribution in [2.75, 3.05) is 5.75 Å². The van der Waals surface area contributed by atoms with Gasteiger partial charge in [0.05, 0.1) is 0 Å². The molecule has 86 valence electrons. The maximum absolute atomic E-state index is 10.6. The van der Waals surface area contributed by atoms with Crippen LogP contribution in [0, 0.1) is 0 Å². The zero-order chi connectivity index (χ0) is 11.6. The van der Waals surface area contributed by atoms with E-state index < -0.39 is 0 Å². The number of carbonyl (C=O) groups is 1. The minimum Gasteiger partial charge on any atom is -0.298 e. The molecule has 1 aromatic rings. The lowest BCUT2D eigenvalue weighted by Crippen LogP contribution is -1.83. The number of allylic oxidation sites excluding steroid dienone is 1. The normalized spacial score (nSPS) is 10.0. The maximum atomic E-state index is 10.6. The first kappa shape index (κ1) is 13.0. The lowest BCUT2D eigenvalue weighted by Gasteiger charge is -2.01. The lowest BCUT2D eigenvalue weighted by molar-refractivity contribution is 0.112. The summed E-state index contributed by atoms with van der Waals surface area (Å²) in [7, 11) is 0. The second-order valence-corrected chi connectivity index (χ2v) is 4.85. The van der Waals surface area contributed by atoms with Crippen molar-refractivity contribution in [2.45, 2.75) is 30.6 Å². The monoisotopic (exact) mass is 234 g/mol. The summed E-state index contributed by atoms with van der Waals surface area (Å²) in [5.74, 6) is 1.12. The molecule has 0 saturated heterocycles. The number of aldehydes is 1. The van der Waals surface area contributed by atoms with Gasteiger partial charge in [0.25, 0.3) is 0 Å². The number of hydrogen-bond acceptors (Lipinski definition) is 2. The molecular formula is C14H18OS. The Kier molecular flexibility index (Phi) is 6.66. The van der Waals surface area contributed by atoms with Crippen LogP contribution in [0.3, 0.4) is 0 Å². The fraction of sp³-hybridized carbons (Fsp3) is 0.357. The number of benzene rings is 1. The Balaban J connectivity index is 2.21. The van der Waals surface area contributed by atoms with E-state index in [9.17, 15) is 4.79 Å². The number of thioether (sulfide) groups is 1. The van der Waals surface area contributed by atoms with E-state index in [4.69, 9.17) is 0 Å². The van der Waals surface area contributed by atoms with Crippen LogP contribution >= 0.6 is 11.8 Å². The first-order chi connectivity index (χ1) is 7.86. The fourth-order valence-corrected chi connectivity index (χ4v) is 2.41. The van der Waals surface area contributed by atoms with Crippen LogP contribution in [0.1, 0.15) is 36.0 Å². The van der Waals surface area contributed by atoms with Crippen LogP contribution in [0.25, 0.3) is 0 Å². The van der Waals surface area contributed by atoms with Crippen molar-refractivity contribution < 1.29 is 4.79 Å². The smallest absolute Gasteiger partial charge is 0.150 e. The van der Waals surface area contributed by atoms with Crippen LogP contribution in [0.2, 0.25) is 0 Å². The van der Waals surface area contributed by atoms with Gasteiger partial charge in [-0.2, -0.15) is 0 Å². The molecule has 1 nitrogen and oxygen atoms in total. The highest BCUT2D eigenvalue weighted by atomic mass is 32.2. The summed E-state index contributed by atoms with van der Waals surface area (Å²) < 4.78 is 0. The zero-order valence-corrected chi connectivity index (χ0v) is 10.3. The Labute approximate surface area is 102 Å². The molecule has 0 fully saturated rings. The number of carbonyl (C=O) groups excluding carboxylic acids is 1. The predicted octanol–water partition coefficient (Wildman–Crippen LogP) is 4.34. The first-order valence-electron chi connectivity index (χ1n) is 5.66. The Morgan fingerprint density at radius 3 is 2.88 bits per heavy atom. The van der Waals surface area contributed by atoms with E-state index in [1.165, 1.54) is 24.2 Å². The number of rotatable bonds is 8. The van der Waals surface area contributed by atoms with E-state index in [1.807, 2.05) is 36.0 Å². The molecule has 0 bridgehead atoms. The number of unbranched alkanes of at least 4 members (excludes halogenated alkanes) is 3. The Bertz CT molecular complexity index is 333. The van der Waals surface area contributed by atoms with Gasteiger partial charge in [-0.25, -0.2) is 0 Å². The summed E-state index contributed by atoms with van der Waals surface area (Å²) in [5, 5.41) is 0. The minimum absolute atomic E-state index is 0.761. The van der Waals surface area contributed by atoms with Gasteiger partial charge < -0.3 is 0 Å². The van der Waals surface area contributed by atoms with Crippen molar-refractivity contribution in [3.63, 3.8) is 0 Å². The van der Waals surface area contributed by atoms with Crippen molar-refractivity contribution in [2.24, 2.45) is 0 Å². The molecule has 1 rings (SSSR count). The van der Waals surface area contributed by atoms with Crippen molar-refractivity contribution in [1.82, 2.24) is 0 Å². The highest BCUT2D eigenvalue weighted by Gasteiger charge is 1.96. The highest BCUT2D eigenvalue weighted by molar-refractivity contribution is 7.99. The van der Waals surface area contributed by atoms with Crippen molar-refractivity contribution in [3.05, 3.63) is 42.5 Å². The zero-order valence-electron chi connectivity index (χ0n) is 9.52. The van der Waals surface area contributed by atoms with Gasteiger partial charge in [0.15, 0.2) is 0 Å². The molecule has 2 heteroatoms. The summed E-state index contributed by atoms with van der Waals surface area (Å²) in [4.78, 5) is 11.8. The summed E-state index contributed by atoms with van der Waals surface area (Å²) in [5.41, 5.74) is 0.761. The molecule has 0 unspecified atom stereocenters. The molecule has 0 aliphatic carbocycles. The molecule has 0 atom stereocenters. The first-order valence-corrected chi connectivity index (χ1v) is 6.64. The van der Waals surface area contributed by atoms with Gasteiger partial charge in [-0.3, -0.25) is 4.79 Å². The van der Waals surface area contributed by atoms with Crippen LogP contribution in [0.4, 0.5) is 0 Å². The predicted molar refractivity (Wildman–Crippen MR) is 71.2 cm³/mol. The van der Waals surface area contributed by atoms with Crippen LogP contribution in [-0.2, 0) is 0 Å². The second-order valence-electron chi connectivity index (χ2n) is 3.68. The molecule has 0 radical (unpaired) electrons. The van der Waals surface area contributed by atoms with Gasteiger partial charge in [0.2, 0.25) is 0 Å². The molecule has 0 spiro atoms. The van der Waals surface area contributed by atoms with Crippen molar-refractivity contribution in [1.29, 1.82) is 0 Å². The van der Waals surface area contributed by atoms with Crippen molar-refractivity contribution >= 4 is 18.0 Å². The van der Waals surface area contributed by atoms with E-state index in [0.29, 0.717) is 0 Å². The molecular weight excluding hydrogens is 216 g/mol. The Hall–Kier alpha value is -1.02. The lowest BCUT2D eigenvalue weighted by atomic mass is 10.2. The molecule has 0 N–H and O–H groups in total. The van der Waals surface area contributed by atoms with Crippen LogP contribution < -0.4 is 0 Å². The van der Waals surface area contributed by atoms with E-state index in [2.05, 4.69) is 12.6 Å². The van der Waals surface area contributed by atoms with Crippen molar-refractivity contribution in [3.8, 4) is 0 Å².